The number of methoxy groups -OCH3 is 1. The molecule has 1 amide bonds. The van der Waals surface area contributed by atoms with Gasteiger partial charge in [0, 0.05) is 24.4 Å². The summed E-state index contributed by atoms with van der Waals surface area (Å²) in [4.78, 5) is 28.5. The van der Waals surface area contributed by atoms with Crippen molar-refractivity contribution in [1.82, 2.24) is 10.2 Å². The number of likely N-dealkylation sites (tertiary alicyclic amines) is 1. The number of Topliss-reactive ketones (excluding diaryl/α,β-unsaturated/α-hetero) is 1. The fourth-order valence-corrected chi connectivity index (χ4v) is 5.97. The summed E-state index contributed by atoms with van der Waals surface area (Å²) in [6.07, 6.45) is 7.29. The highest BCUT2D eigenvalue weighted by Crippen LogP contribution is 2.33. The lowest BCUT2D eigenvalue weighted by atomic mass is 9.90. The van der Waals surface area contributed by atoms with Gasteiger partial charge < -0.3 is 20.1 Å². The van der Waals surface area contributed by atoms with Crippen LogP contribution in [0.4, 0.5) is 0 Å². The van der Waals surface area contributed by atoms with E-state index in [9.17, 15) is 14.7 Å². The zero-order valence-corrected chi connectivity index (χ0v) is 19.7. The molecule has 174 valence electrons. The molecule has 2 saturated heterocycles. The number of nitrogens with zero attached hydrogens (tertiary/aromatic N) is 1. The van der Waals surface area contributed by atoms with Gasteiger partial charge in [-0.2, -0.15) is 0 Å². The Morgan fingerprint density at radius 3 is 2.84 bits per heavy atom. The minimum atomic E-state index is -0.568. The number of carbonyl (C=O) groups is 2. The Morgan fingerprint density at radius 1 is 1.25 bits per heavy atom. The minimum Gasteiger partial charge on any atom is -0.497 e. The molecule has 4 atom stereocenters. The maximum atomic E-state index is 13.1. The topological polar surface area (TPSA) is 78.9 Å². The van der Waals surface area contributed by atoms with Gasteiger partial charge in [0.2, 0.25) is 5.91 Å². The first-order chi connectivity index (χ1) is 15.5. The molecule has 0 bridgehead atoms. The fraction of sp³-hybridized carbons (Fsp3) is 0.640. The first kappa shape index (κ1) is 23.3. The van der Waals surface area contributed by atoms with Crippen LogP contribution in [-0.4, -0.2) is 65.5 Å². The van der Waals surface area contributed by atoms with Gasteiger partial charge in [0.25, 0.3) is 0 Å². The molecule has 6 nitrogen and oxygen atoms in total. The normalized spacial score (nSPS) is 27.1. The number of ether oxygens (including phenoxy) is 1. The predicted octanol–water partition coefficient (Wildman–Crippen LogP) is 2.48. The summed E-state index contributed by atoms with van der Waals surface area (Å²) in [5, 5.41) is 12.7. The second-order valence-corrected chi connectivity index (χ2v) is 9.96. The third-order valence-electron chi connectivity index (χ3n) is 7.38. The lowest BCUT2D eigenvalue weighted by molar-refractivity contribution is -0.137. The number of thiocarbonyl (C=S) groups is 1. The summed E-state index contributed by atoms with van der Waals surface area (Å²) in [5.74, 6) is 1.03. The van der Waals surface area contributed by atoms with Crippen LogP contribution in [0.25, 0.3) is 0 Å². The van der Waals surface area contributed by atoms with Crippen LogP contribution in [0.1, 0.15) is 49.7 Å². The Kier molecular flexibility index (Phi) is 7.59. The number of rotatable bonds is 9. The van der Waals surface area contributed by atoms with E-state index in [1.807, 2.05) is 6.07 Å². The monoisotopic (exact) mass is 458 g/mol. The van der Waals surface area contributed by atoms with Crippen LogP contribution < -0.4 is 10.1 Å². The smallest absolute Gasteiger partial charge is 0.241 e. The van der Waals surface area contributed by atoms with Crippen LogP contribution in [0.3, 0.4) is 0 Å². The van der Waals surface area contributed by atoms with Crippen LogP contribution in [-0.2, 0) is 22.4 Å². The lowest BCUT2D eigenvalue weighted by Crippen LogP contribution is -2.50. The zero-order chi connectivity index (χ0) is 22.7. The summed E-state index contributed by atoms with van der Waals surface area (Å²) in [5.41, 5.74) is 2.80. The molecule has 2 heterocycles. The molecule has 0 radical (unpaired) electrons. The Balaban J connectivity index is 1.25. The Bertz CT molecular complexity index is 873. The summed E-state index contributed by atoms with van der Waals surface area (Å²) in [7, 11) is 1.70. The molecule has 1 aliphatic carbocycles. The Labute approximate surface area is 195 Å². The largest absolute Gasteiger partial charge is 0.497 e. The minimum absolute atomic E-state index is 0.0284. The molecular weight excluding hydrogens is 424 g/mol. The second-order valence-electron chi connectivity index (χ2n) is 9.43. The van der Waals surface area contributed by atoms with E-state index in [1.54, 1.807) is 12.0 Å². The maximum absolute atomic E-state index is 13.1. The van der Waals surface area contributed by atoms with E-state index in [0.29, 0.717) is 30.3 Å². The number of ketones is 1. The Hall–Kier alpha value is -1.83. The van der Waals surface area contributed by atoms with Crippen molar-refractivity contribution in [3.05, 3.63) is 29.3 Å². The summed E-state index contributed by atoms with van der Waals surface area (Å²) in [6.45, 7) is 1.05. The van der Waals surface area contributed by atoms with Gasteiger partial charge in [-0.25, -0.2) is 0 Å². The van der Waals surface area contributed by atoms with Crippen LogP contribution in [0.15, 0.2) is 18.2 Å². The number of amides is 1. The third kappa shape index (κ3) is 4.90. The third-order valence-corrected chi connectivity index (χ3v) is 7.77. The first-order valence-corrected chi connectivity index (χ1v) is 12.3. The van der Waals surface area contributed by atoms with Gasteiger partial charge in [-0.15, -0.1) is 0 Å². The van der Waals surface area contributed by atoms with Gasteiger partial charge in [-0.3, -0.25) is 9.59 Å². The van der Waals surface area contributed by atoms with Crippen LogP contribution in [0, 0.1) is 11.8 Å². The fourth-order valence-electron chi connectivity index (χ4n) is 5.62. The molecular formula is C25H34N2O4S. The number of hydrogen-bond donors (Lipinski definition) is 2. The number of aliphatic hydroxyl groups is 1. The molecule has 7 heteroatoms. The number of unbranched alkanes of at least 4 members (excludes halogenated alkanes) is 1. The average Bonchev–Trinajstić information content (AvgIpc) is 3.52. The highest BCUT2D eigenvalue weighted by molar-refractivity contribution is 7.80. The maximum Gasteiger partial charge on any atom is 0.241 e. The van der Waals surface area contributed by atoms with Gasteiger partial charge in [0.15, 0.2) is 0 Å². The highest BCUT2D eigenvalue weighted by Gasteiger charge is 2.44. The van der Waals surface area contributed by atoms with Crippen LogP contribution >= 0.6 is 12.2 Å². The van der Waals surface area contributed by atoms with Gasteiger partial charge >= 0.3 is 0 Å². The standard InChI is InChI=1S/C25H34N2O4S/c1-31-20-9-8-17-11-16(12-18(17)13-20)5-2-3-7-21(29)23-22(32)14-26-24(23)25(30)27-10-4-6-19(27)15-28/h8-9,13,16,19,23-24,26,28H,2-7,10-12,14-15H2,1H3/t16?,19-,23?,24-/m0/s1. The van der Waals surface area contributed by atoms with Crippen molar-refractivity contribution in [1.29, 1.82) is 0 Å². The van der Waals surface area contributed by atoms with E-state index in [2.05, 4.69) is 17.4 Å². The molecule has 0 aromatic heterocycles. The molecule has 2 fully saturated rings. The average molecular weight is 459 g/mol. The lowest BCUT2D eigenvalue weighted by Gasteiger charge is -2.28. The molecule has 3 aliphatic rings. The molecule has 4 rings (SSSR count). The number of carbonyl (C=O) groups excluding carboxylic acids is 2. The summed E-state index contributed by atoms with van der Waals surface area (Å²) in [6, 6.07) is 5.64. The van der Waals surface area contributed by atoms with Crippen molar-refractivity contribution >= 4 is 28.8 Å². The summed E-state index contributed by atoms with van der Waals surface area (Å²) < 4.78 is 5.33. The van der Waals surface area contributed by atoms with Crippen molar-refractivity contribution in [3.8, 4) is 5.75 Å². The van der Waals surface area contributed by atoms with E-state index in [-0.39, 0.29) is 24.3 Å². The molecule has 0 spiro atoms. The quantitative estimate of drug-likeness (QED) is 0.437. The van der Waals surface area contributed by atoms with Crippen molar-refractivity contribution in [2.24, 2.45) is 11.8 Å². The molecule has 32 heavy (non-hydrogen) atoms. The SMILES string of the molecule is COc1ccc2c(c1)CC(CCCCC(=O)C1C(=S)CN[C@@H]1C(=O)N1CCC[C@H]1CO)C2. The number of hydrogen-bond acceptors (Lipinski definition) is 6. The predicted molar refractivity (Wildman–Crippen MR) is 127 cm³/mol. The number of aliphatic hydroxyl groups excluding tert-OH is 1. The van der Waals surface area contributed by atoms with Crippen LogP contribution in [0.5, 0.6) is 5.75 Å². The molecule has 2 unspecified atom stereocenters. The molecule has 0 saturated carbocycles. The summed E-state index contributed by atoms with van der Waals surface area (Å²) >= 11 is 5.46. The van der Waals surface area contributed by atoms with Gasteiger partial charge in [-0.05, 0) is 67.7 Å². The van der Waals surface area contributed by atoms with Gasteiger partial charge in [0.1, 0.15) is 17.6 Å². The second kappa shape index (κ2) is 10.4. The van der Waals surface area contributed by atoms with Crippen LogP contribution in [0.2, 0.25) is 0 Å². The Morgan fingerprint density at radius 2 is 2.06 bits per heavy atom. The molecule has 2 aliphatic heterocycles. The van der Waals surface area contributed by atoms with Gasteiger partial charge in [-0.1, -0.05) is 24.7 Å². The van der Waals surface area contributed by atoms with Crippen molar-refractivity contribution in [2.75, 3.05) is 26.8 Å². The van der Waals surface area contributed by atoms with Crippen molar-refractivity contribution < 1.29 is 19.4 Å². The number of benzene rings is 1. The highest BCUT2D eigenvalue weighted by atomic mass is 32.1. The van der Waals surface area contributed by atoms with Crippen molar-refractivity contribution in [3.63, 3.8) is 0 Å². The molecule has 2 N–H and O–H groups in total. The van der Waals surface area contributed by atoms with E-state index in [4.69, 9.17) is 17.0 Å². The van der Waals surface area contributed by atoms with E-state index >= 15 is 0 Å². The first-order valence-electron chi connectivity index (χ1n) is 11.9. The van der Waals surface area contributed by atoms with E-state index in [0.717, 1.165) is 50.7 Å². The number of nitrogens with one attached hydrogen (secondary N) is 1. The molecule has 1 aromatic carbocycles. The molecule has 1 aromatic rings. The zero-order valence-electron chi connectivity index (χ0n) is 18.8. The number of fused-ring (bicyclic) bond motifs is 1. The van der Waals surface area contributed by atoms with Crippen molar-refractivity contribution in [2.45, 2.75) is 63.5 Å². The van der Waals surface area contributed by atoms with E-state index in [1.165, 1.54) is 11.1 Å². The van der Waals surface area contributed by atoms with E-state index < -0.39 is 12.0 Å². The van der Waals surface area contributed by atoms with Gasteiger partial charge in [0.05, 0.1) is 25.7 Å².